The normalized spacial score (nSPS) is 15.3. The molecule has 0 atom stereocenters. The zero-order valence-corrected chi connectivity index (χ0v) is 12.4. The molecule has 0 bridgehead atoms. The smallest absolute Gasteiger partial charge is 0.174 e. The van der Waals surface area contributed by atoms with Gasteiger partial charge in [-0.15, -0.1) is 10.2 Å². The van der Waals surface area contributed by atoms with Crippen LogP contribution in [-0.2, 0) is 13.0 Å². The van der Waals surface area contributed by atoms with E-state index in [1.165, 1.54) is 6.42 Å². The minimum Gasteiger partial charge on any atom is -0.310 e. The molecule has 0 amide bonds. The molecule has 4 heteroatoms. The highest BCUT2D eigenvalue weighted by Gasteiger charge is 2.16. The van der Waals surface area contributed by atoms with E-state index in [-0.39, 0.29) is 0 Å². The second kappa shape index (κ2) is 6.86. The molecule has 22 heavy (non-hydrogen) atoms. The Morgan fingerprint density at radius 2 is 2.00 bits per heavy atom. The quantitative estimate of drug-likeness (QED) is 0.640. The van der Waals surface area contributed by atoms with E-state index in [1.54, 1.807) is 0 Å². The van der Waals surface area contributed by atoms with Crippen LogP contribution in [0, 0.1) is 11.3 Å². The van der Waals surface area contributed by atoms with Gasteiger partial charge in [-0.2, -0.15) is 5.26 Å². The van der Waals surface area contributed by atoms with Gasteiger partial charge in [0.1, 0.15) is 11.9 Å². The molecule has 0 fully saturated rings. The number of aryl methyl sites for hydroxylation is 1. The molecule has 1 aromatic carbocycles. The summed E-state index contributed by atoms with van der Waals surface area (Å²) in [5.41, 5.74) is 1.67. The first-order chi connectivity index (χ1) is 10.9. The summed E-state index contributed by atoms with van der Waals surface area (Å²) in [5.74, 6) is 1.69. The van der Waals surface area contributed by atoms with Crippen LogP contribution in [0.3, 0.4) is 0 Å². The van der Waals surface area contributed by atoms with Crippen molar-refractivity contribution in [3.8, 4) is 6.07 Å². The molecule has 0 N–H and O–H groups in total. The lowest BCUT2D eigenvalue weighted by atomic mass is 10.2. The Labute approximate surface area is 130 Å². The fourth-order valence-corrected chi connectivity index (χ4v) is 2.67. The number of nitriles is 1. The highest BCUT2D eigenvalue weighted by Crippen LogP contribution is 2.19. The summed E-state index contributed by atoms with van der Waals surface area (Å²) >= 11 is 0. The fourth-order valence-electron chi connectivity index (χ4n) is 2.67. The van der Waals surface area contributed by atoms with Crippen molar-refractivity contribution in [3.05, 3.63) is 59.7 Å². The Balaban J connectivity index is 1.86. The molecule has 0 saturated heterocycles. The minimum absolute atomic E-state index is 0.563. The second-order valence-corrected chi connectivity index (χ2v) is 5.36. The molecule has 2 aromatic rings. The Bertz CT molecular complexity index is 732. The number of nitrogens with zero attached hydrogens (tertiary/aromatic N) is 4. The Morgan fingerprint density at radius 3 is 2.82 bits per heavy atom. The predicted molar refractivity (Wildman–Crippen MR) is 86.6 cm³/mol. The van der Waals surface area contributed by atoms with Gasteiger partial charge in [-0.3, -0.25) is 0 Å². The second-order valence-electron chi connectivity index (χ2n) is 5.36. The SMILES string of the molecule is N#CC(=CC=Cc1ccccc1)c1nnc2n1CCCCC2. The summed E-state index contributed by atoms with van der Waals surface area (Å²) in [5, 5.41) is 17.9. The van der Waals surface area contributed by atoms with E-state index in [1.807, 2.05) is 48.6 Å². The van der Waals surface area contributed by atoms with E-state index in [0.717, 1.165) is 37.2 Å². The fraction of sp³-hybridized carbons (Fsp3) is 0.278. The molecule has 0 aliphatic carbocycles. The van der Waals surface area contributed by atoms with Crippen LogP contribution in [0.15, 0.2) is 42.5 Å². The molecule has 0 saturated carbocycles. The van der Waals surface area contributed by atoms with E-state index < -0.39 is 0 Å². The standard InChI is InChI=1S/C18H18N4/c19-14-16(11-7-10-15-8-3-1-4-9-15)18-21-20-17-12-5-2-6-13-22(17)18/h1,3-4,7-11H,2,5-6,12-13H2. The van der Waals surface area contributed by atoms with Crippen molar-refractivity contribution in [2.45, 2.75) is 32.2 Å². The average Bonchev–Trinajstić information content (AvgIpc) is 2.81. The lowest BCUT2D eigenvalue weighted by Gasteiger charge is -2.05. The first-order valence-electron chi connectivity index (χ1n) is 7.64. The van der Waals surface area contributed by atoms with E-state index in [9.17, 15) is 5.26 Å². The lowest BCUT2D eigenvalue weighted by molar-refractivity contribution is 0.627. The number of benzene rings is 1. The highest BCUT2D eigenvalue weighted by atomic mass is 15.3. The first kappa shape index (κ1) is 14.3. The molecular formula is C18H18N4. The zero-order chi connectivity index (χ0) is 15.2. The zero-order valence-electron chi connectivity index (χ0n) is 12.4. The number of hydrogen-bond acceptors (Lipinski definition) is 3. The maximum Gasteiger partial charge on any atom is 0.174 e. The van der Waals surface area contributed by atoms with Crippen LogP contribution in [-0.4, -0.2) is 14.8 Å². The van der Waals surface area contributed by atoms with Crippen LogP contribution in [0.25, 0.3) is 11.6 Å². The number of fused-ring (bicyclic) bond motifs is 1. The van der Waals surface area contributed by atoms with Crippen molar-refractivity contribution in [2.24, 2.45) is 0 Å². The van der Waals surface area contributed by atoms with Crippen LogP contribution in [0.2, 0.25) is 0 Å². The highest BCUT2D eigenvalue weighted by molar-refractivity contribution is 5.75. The van der Waals surface area contributed by atoms with Gasteiger partial charge in [-0.1, -0.05) is 48.9 Å². The molecular weight excluding hydrogens is 272 g/mol. The molecule has 1 aromatic heterocycles. The first-order valence-corrected chi connectivity index (χ1v) is 7.64. The van der Waals surface area contributed by atoms with Gasteiger partial charge >= 0.3 is 0 Å². The molecule has 3 rings (SSSR count). The van der Waals surface area contributed by atoms with Crippen molar-refractivity contribution < 1.29 is 0 Å². The average molecular weight is 290 g/mol. The van der Waals surface area contributed by atoms with Crippen molar-refractivity contribution in [2.75, 3.05) is 0 Å². The van der Waals surface area contributed by atoms with E-state index in [4.69, 9.17) is 0 Å². The topological polar surface area (TPSA) is 54.5 Å². The van der Waals surface area contributed by atoms with Gasteiger partial charge in [-0.25, -0.2) is 0 Å². The number of rotatable bonds is 3. The summed E-state index contributed by atoms with van der Waals surface area (Å²) in [7, 11) is 0. The third kappa shape index (κ3) is 3.15. The van der Waals surface area contributed by atoms with Crippen LogP contribution >= 0.6 is 0 Å². The van der Waals surface area contributed by atoms with E-state index >= 15 is 0 Å². The molecule has 1 aliphatic rings. The van der Waals surface area contributed by atoms with Crippen molar-refractivity contribution in [3.63, 3.8) is 0 Å². The minimum atomic E-state index is 0.563. The molecule has 1 aliphatic heterocycles. The number of allylic oxidation sites excluding steroid dienone is 3. The van der Waals surface area contributed by atoms with Crippen molar-refractivity contribution in [1.82, 2.24) is 14.8 Å². The molecule has 0 unspecified atom stereocenters. The summed E-state index contributed by atoms with van der Waals surface area (Å²) in [6, 6.07) is 12.3. The van der Waals surface area contributed by atoms with Gasteiger partial charge in [0.15, 0.2) is 5.82 Å². The van der Waals surface area contributed by atoms with E-state index in [2.05, 4.69) is 20.8 Å². The lowest BCUT2D eigenvalue weighted by Crippen LogP contribution is -2.05. The van der Waals surface area contributed by atoms with Crippen LogP contribution in [0.1, 0.15) is 36.5 Å². The molecule has 0 radical (unpaired) electrons. The maximum atomic E-state index is 9.43. The molecule has 0 spiro atoms. The molecule has 110 valence electrons. The Morgan fingerprint density at radius 1 is 1.14 bits per heavy atom. The number of hydrogen-bond donors (Lipinski definition) is 0. The summed E-state index contributed by atoms with van der Waals surface area (Å²) in [4.78, 5) is 0. The third-order valence-electron chi connectivity index (χ3n) is 3.82. The van der Waals surface area contributed by atoms with Gasteiger partial charge in [0.2, 0.25) is 0 Å². The van der Waals surface area contributed by atoms with Crippen LogP contribution in [0.5, 0.6) is 0 Å². The molecule has 4 nitrogen and oxygen atoms in total. The third-order valence-corrected chi connectivity index (χ3v) is 3.82. The molecule has 2 heterocycles. The Kier molecular flexibility index (Phi) is 4.45. The van der Waals surface area contributed by atoms with Gasteiger partial charge in [0, 0.05) is 13.0 Å². The number of aromatic nitrogens is 3. The van der Waals surface area contributed by atoms with Crippen molar-refractivity contribution in [1.29, 1.82) is 5.26 Å². The summed E-state index contributed by atoms with van der Waals surface area (Å²) in [6.07, 6.45) is 10.1. The maximum absolute atomic E-state index is 9.43. The van der Waals surface area contributed by atoms with Gasteiger partial charge in [-0.05, 0) is 24.5 Å². The van der Waals surface area contributed by atoms with Gasteiger partial charge < -0.3 is 4.57 Å². The van der Waals surface area contributed by atoms with Crippen LogP contribution in [0.4, 0.5) is 0 Å². The predicted octanol–water partition coefficient (Wildman–Crippen LogP) is 3.62. The van der Waals surface area contributed by atoms with E-state index in [0.29, 0.717) is 11.4 Å². The summed E-state index contributed by atoms with van der Waals surface area (Å²) < 4.78 is 2.10. The van der Waals surface area contributed by atoms with Gasteiger partial charge in [0.05, 0.1) is 5.57 Å². The van der Waals surface area contributed by atoms with Crippen LogP contribution < -0.4 is 0 Å². The summed E-state index contributed by atoms with van der Waals surface area (Å²) in [6.45, 7) is 0.902. The van der Waals surface area contributed by atoms with Crippen molar-refractivity contribution >= 4 is 11.6 Å². The Hall–Kier alpha value is -2.67. The largest absolute Gasteiger partial charge is 0.310 e. The monoisotopic (exact) mass is 290 g/mol. The van der Waals surface area contributed by atoms with Gasteiger partial charge in [0.25, 0.3) is 0 Å².